The summed E-state index contributed by atoms with van der Waals surface area (Å²) in [5.74, 6) is 0. The molecule has 15 heavy (non-hydrogen) atoms. The van der Waals surface area contributed by atoms with E-state index in [9.17, 15) is 0 Å². The highest BCUT2D eigenvalue weighted by Gasteiger charge is 2.39. The summed E-state index contributed by atoms with van der Waals surface area (Å²) < 4.78 is 0. The number of fused-ring (bicyclic) bond motifs is 1. The molecule has 0 atom stereocenters. The Morgan fingerprint density at radius 1 is 1.20 bits per heavy atom. The first-order chi connectivity index (χ1) is 6.92. The van der Waals surface area contributed by atoms with Crippen molar-refractivity contribution in [1.82, 2.24) is 4.98 Å². The molecule has 0 unspecified atom stereocenters. The molecule has 2 N–H and O–H groups in total. The fraction of sp³-hybridized carbons (Fsp3) is 0.583. The first-order valence-corrected chi connectivity index (χ1v) is 5.38. The number of anilines is 2. The van der Waals surface area contributed by atoms with Gasteiger partial charge in [0, 0.05) is 23.7 Å². The first-order valence-electron chi connectivity index (χ1n) is 5.38. The SMILES string of the molecule is CC1(C)CNc2cnccc2NC1(C)C. The van der Waals surface area contributed by atoms with Crippen LogP contribution >= 0.6 is 0 Å². The molecule has 82 valence electrons. The van der Waals surface area contributed by atoms with E-state index in [0.29, 0.717) is 0 Å². The summed E-state index contributed by atoms with van der Waals surface area (Å²) >= 11 is 0. The third-order valence-corrected chi connectivity index (χ3v) is 3.68. The molecule has 0 aromatic carbocycles. The zero-order valence-electron chi connectivity index (χ0n) is 9.89. The summed E-state index contributed by atoms with van der Waals surface area (Å²) in [5, 5.41) is 7.03. The van der Waals surface area contributed by atoms with Crippen LogP contribution in [-0.2, 0) is 0 Å². The van der Waals surface area contributed by atoms with Gasteiger partial charge in [-0.25, -0.2) is 0 Å². The quantitative estimate of drug-likeness (QED) is 0.683. The third kappa shape index (κ3) is 1.66. The van der Waals surface area contributed by atoms with E-state index >= 15 is 0 Å². The Kier molecular flexibility index (Phi) is 2.14. The average molecular weight is 205 g/mol. The van der Waals surface area contributed by atoms with E-state index < -0.39 is 0 Å². The molecule has 0 fully saturated rings. The molecule has 2 rings (SSSR count). The molecule has 0 saturated carbocycles. The number of nitrogens with zero attached hydrogens (tertiary/aromatic N) is 1. The van der Waals surface area contributed by atoms with Crippen molar-refractivity contribution in [1.29, 1.82) is 0 Å². The van der Waals surface area contributed by atoms with Crippen molar-refractivity contribution in [3.8, 4) is 0 Å². The second kappa shape index (κ2) is 3.12. The Balaban J connectivity index is 2.42. The van der Waals surface area contributed by atoms with Gasteiger partial charge in [0.25, 0.3) is 0 Å². The van der Waals surface area contributed by atoms with E-state index in [0.717, 1.165) is 17.9 Å². The highest BCUT2D eigenvalue weighted by atomic mass is 15.1. The number of pyridine rings is 1. The molecule has 1 aromatic heterocycles. The molecule has 1 aliphatic rings. The lowest BCUT2D eigenvalue weighted by Gasteiger charge is -2.40. The third-order valence-electron chi connectivity index (χ3n) is 3.68. The zero-order chi connectivity index (χ0) is 11.1. The molecule has 1 aromatic rings. The zero-order valence-corrected chi connectivity index (χ0v) is 9.89. The van der Waals surface area contributed by atoms with Crippen LogP contribution in [0.1, 0.15) is 27.7 Å². The van der Waals surface area contributed by atoms with Crippen molar-refractivity contribution in [2.24, 2.45) is 5.41 Å². The summed E-state index contributed by atoms with van der Waals surface area (Å²) in [6.45, 7) is 9.97. The van der Waals surface area contributed by atoms with Gasteiger partial charge in [0.1, 0.15) is 0 Å². The molecular formula is C12H19N3. The molecule has 3 heteroatoms. The fourth-order valence-corrected chi connectivity index (χ4v) is 1.69. The topological polar surface area (TPSA) is 37.0 Å². The molecule has 3 nitrogen and oxygen atoms in total. The predicted octanol–water partition coefficient (Wildman–Crippen LogP) is 2.72. The highest BCUT2D eigenvalue weighted by Crippen LogP contribution is 2.38. The number of aromatic nitrogens is 1. The summed E-state index contributed by atoms with van der Waals surface area (Å²) in [5.41, 5.74) is 2.48. The Morgan fingerprint density at radius 3 is 2.67 bits per heavy atom. The minimum atomic E-state index is 0.0621. The summed E-state index contributed by atoms with van der Waals surface area (Å²) in [6.07, 6.45) is 3.70. The molecule has 0 radical (unpaired) electrons. The largest absolute Gasteiger partial charge is 0.381 e. The van der Waals surface area contributed by atoms with Gasteiger partial charge in [-0.05, 0) is 19.9 Å². The minimum absolute atomic E-state index is 0.0621. The van der Waals surface area contributed by atoms with Crippen LogP contribution in [0.5, 0.6) is 0 Å². The lowest BCUT2D eigenvalue weighted by Crippen LogP contribution is -2.47. The number of hydrogen-bond donors (Lipinski definition) is 2. The second-order valence-corrected chi connectivity index (χ2v) is 5.41. The van der Waals surface area contributed by atoms with Crippen LogP contribution in [0, 0.1) is 5.41 Å². The molecule has 0 amide bonds. The van der Waals surface area contributed by atoms with Gasteiger partial charge >= 0.3 is 0 Å². The predicted molar refractivity (Wildman–Crippen MR) is 64.2 cm³/mol. The van der Waals surface area contributed by atoms with Gasteiger partial charge in [-0.15, -0.1) is 0 Å². The second-order valence-electron chi connectivity index (χ2n) is 5.41. The van der Waals surface area contributed by atoms with Crippen molar-refractivity contribution < 1.29 is 0 Å². The summed E-state index contributed by atoms with van der Waals surface area (Å²) in [7, 11) is 0. The van der Waals surface area contributed by atoms with E-state index in [-0.39, 0.29) is 11.0 Å². The smallest absolute Gasteiger partial charge is 0.0762 e. The lowest BCUT2D eigenvalue weighted by molar-refractivity contribution is 0.245. The van der Waals surface area contributed by atoms with Crippen molar-refractivity contribution in [2.45, 2.75) is 33.2 Å². The van der Waals surface area contributed by atoms with E-state index in [1.54, 1.807) is 0 Å². The first kappa shape index (κ1) is 10.3. The van der Waals surface area contributed by atoms with Crippen molar-refractivity contribution in [3.05, 3.63) is 18.5 Å². The molecule has 1 aliphatic heterocycles. The van der Waals surface area contributed by atoms with Crippen molar-refractivity contribution in [3.63, 3.8) is 0 Å². The molecular weight excluding hydrogens is 186 g/mol. The number of rotatable bonds is 0. The Labute approximate surface area is 91.3 Å². The molecule has 0 aliphatic carbocycles. The van der Waals surface area contributed by atoms with Gasteiger partial charge in [-0.3, -0.25) is 4.98 Å². The van der Waals surface area contributed by atoms with Crippen LogP contribution in [0.25, 0.3) is 0 Å². The van der Waals surface area contributed by atoms with Gasteiger partial charge < -0.3 is 10.6 Å². The summed E-state index contributed by atoms with van der Waals surface area (Å²) in [6, 6.07) is 2.02. The Bertz CT molecular complexity index is 369. The number of hydrogen-bond acceptors (Lipinski definition) is 3. The summed E-state index contributed by atoms with van der Waals surface area (Å²) in [4.78, 5) is 4.13. The van der Waals surface area contributed by atoms with Gasteiger partial charge in [0.2, 0.25) is 0 Å². The average Bonchev–Trinajstić information content (AvgIpc) is 2.23. The molecule has 0 saturated heterocycles. The fourth-order valence-electron chi connectivity index (χ4n) is 1.69. The van der Waals surface area contributed by atoms with Crippen LogP contribution < -0.4 is 10.6 Å². The van der Waals surface area contributed by atoms with Gasteiger partial charge in [0.05, 0.1) is 17.6 Å². The van der Waals surface area contributed by atoms with E-state index in [1.807, 2.05) is 18.5 Å². The maximum atomic E-state index is 4.13. The van der Waals surface area contributed by atoms with Crippen LogP contribution in [0.3, 0.4) is 0 Å². The standard InChI is InChI=1S/C12H19N3/c1-11(2)8-14-10-7-13-6-5-9(10)15-12(11,3)4/h5-7,14-15H,8H2,1-4H3. The van der Waals surface area contributed by atoms with Crippen LogP contribution in [0.4, 0.5) is 11.4 Å². The lowest BCUT2D eigenvalue weighted by atomic mass is 9.74. The number of nitrogens with one attached hydrogen (secondary N) is 2. The van der Waals surface area contributed by atoms with Gasteiger partial charge in [-0.2, -0.15) is 0 Å². The molecule has 0 spiro atoms. The van der Waals surface area contributed by atoms with E-state index in [2.05, 4.69) is 43.3 Å². The van der Waals surface area contributed by atoms with E-state index in [1.165, 1.54) is 0 Å². The maximum Gasteiger partial charge on any atom is 0.0762 e. The van der Waals surface area contributed by atoms with Gasteiger partial charge in [-0.1, -0.05) is 13.8 Å². The van der Waals surface area contributed by atoms with E-state index in [4.69, 9.17) is 0 Å². The monoisotopic (exact) mass is 205 g/mol. The van der Waals surface area contributed by atoms with Crippen LogP contribution in [0.15, 0.2) is 18.5 Å². The molecule has 2 heterocycles. The van der Waals surface area contributed by atoms with Gasteiger partial charge in [0.15, 0.2) is 0 Å². The van der Waals surface area contributed by atoms with Crippen LogP contribution in [0.2, 0.25) is 0 Å². The Morgan fingerprint density at radius 2 is 1.93 bits per heavy atom. The highest BCUT2D eigenvalue weighted by molar-refractivity contribution is 5.69. The minimum Gasteiger partial charge on any atom is -0.381 e. The normalized spacial score (nSPS) is 21.9. The molecule has 0 bridgehead atoms. The van der Waals surface area contributed by atoms with Crippen molar-refractivity contribution in [2.75, 3.05) is 17.2 Å². The Hall–Kier alpha value is -1.25. The van der Waals surface area contributed by atoms with Crippen molar-refractivity contribution >= 4 is 11.4 Å². The van der Waals surface area contributed by atoms with Crippen LogP contribution in [-0.4, -0.2) is 17.1 Å². The maximum absolute atomic E-state index is 4.13.